The molecular formula is C10H20O3. The van der Waals surface area contributed by atoms with Gasteiger partial charge in [0.05, 0.1) is 12.0 Å². The summed E-state index contributed by atoms with van der Waals surface area (Å²) in [7, 11) is 0. The van der Waals surface area contributed by atoms with Crippen LogP contribution in [-0.2, 0) is 4.79 Å². The monoisotopic (exact) mass is 188 g/mol. The van der Waals surface area contributed by atoms with Crippen LogP contribution in [0.4, 0.5) is 0 Å². The molecule has 3 nitrogen and oxygen atoms in total. The highest BCUT2D eigenvalue weighted by atomic mass is 16.4. The summed E-state index contributed by atoms with van der Waals surface area (Å²) >= 11 is 0. The van der Waals surface area contributed by atoms with Gasteiger partial charge in [-0.25, -0.2) is 0 Å². The molecule has 0 aromatic rings. The molecule has 0 aliphatic heterocycles. The molecule has 2 N–H and O–H groups in total. The van der Waals surface area contributed by atoms with Gasteiger partial charge in [-0.3, -0.25) is 4.79 Å². The number of carboxylic acids is 1. The number of hydrogen-bond donors (Lipinski definition) is 2. The highest BCUT2D eigenvalue weighted by Crippen LogP contribution is 2.31. The van der Waals surface area contributed by atoms with E-state index in [0.717, 1.165) is 6.42 Å². The van der Waals surface area contributed by atoms with Crippen LogP contribution in [0.5, 0.6) is 0 Å². The molecule has 2 atom stereocenters. The molecule has 0 radical (unpaired) electrons. The second-order valence-electron chi connectivity index (χ2n) is 4.03. The number of carbonyl (C=O) groups is 1. The van der Waals surface area contributed by atoms with Gasteiger partial charge in [-0.05, 0) is 11.8 Å². The first-order chi connectivity index (χ1) is 5.84. The van der Waals surface area contributed by atoms with E-state index in [1.165, 1.54) is 0 Å². The lowest BCUT2D eigenvalue weighted by Gasteiger charge is -2.36. The van der Waals surface area contributed by atoms with Crippen LogP contribution < -0.4 is 0 Å². The summed E-state index contributed by atoms with van der Waals surface area (Å²) in [5.74, 6) is -0.946. The zero-order chi connectivity index (χ0) is 10.6. The van der Waals surface area contributed by atoms with E-state index in [9.17, 15) is 9.90 Å². The van der Waals surface area contributed by atoms with E-state index in [-0.39, 0.29) is 18.3 Å². The predicted molar refractivity (Wildman–Crippen MR) is 51.5 cm³/mol. The topological polar surface area (TPSA) is 57.5 Å². The molecule has 78 valence electrons. The lowest BCUT2D eigenvalue weighted by atomic mass is 9.76. The van der Waals surface area contributed by atoms with Gasteiger partial charge in [-0.1, -0.05) is 34.1 Å². The molecule has 0 aromatic heterocycles. The van der Waals surface area contributed by atoms with E-state index in [0.29, 0.717) is 0 Å². The molecule has 0 spiro atoms. The van der Waals surface area contributed by atoms with Crippen LogP contribution in [0.2, 0.25) is 0 Å². The molecule has 3 heteroatoms. The predicted octanol–water partition coefficient (Wildman–Crippen LogP) is 1.89. The van der Waals surface area contributed by atoms with Crippen LogP contribution in [0.25, 0.3) is 0 Å². The molecular weight excluding hydrogens is 168 g/mol. The van der Waals surface area contributed by atoms with Crippen LogP contribution in [-0.4, -0.2) is 21.8 Å². The van der Waals surface area contributed by atoms with Gasteiger partial charge < -0.3 is 10.2 Å². The molecule has 0 saturated carbocycles. The summed E-state index contributed by atoms with van der Waals surface area (Å²) in [6.07, 6.45) is 0.627. The SMILES string of the molecule is CCC(C)C(O)(CC(=O)O)C(C)C. The van der Waals surface area contributed by atoms with Gasteiger partial charge in [0.25, 0.3) is 0 Å². The Hall–Kier alpha value is -0.570. The highest BCUT2D eigenvalue weighted by Gasteiger charge is 2.38. The van der Waals surface area contributed by atoms with Gasteiger partial charge in [0.15, 0.2) is 0 Å². The highest BCUT2D eigenvalue weighted by molar-refractivity contribution is 5.68. The Balaban J connectivity index is 4.61. The zero-order valence-corrected chi connectivity index (χ0v) is 8.87. The first kappa shape index (κ1) is 12.4. The van der Waals surface area contributed by atoms with Crippen molar-refractivity contribution < 1.29 is 15.0 Å². The number of hydrogen-bond acceptors (Lipinski definition) is 2. The molecule has 0 fully saturated rings. The fraction of sp³-hybridized carbons (Fsp3) is 0.900. The largest absolute Gasteiger partial charge is 0.481 e. The van der Waals surface area contributed by atoms with Crippen LogP contribution in [0, 0.1) is 11.8 Å². The summed E-state index contributed by atoms with van der Waals surface area (Å²) in [6, 6.07) is 0. The Morgan fingerprint density at radius 2 is 1.85 bits per heavy atom. The average molecular weight is 188 g/mol. The third-order valence-electron chi connectivity index (χ3n) is 2.90. The van der Waals surface area contributed by atoms with Gasteiger partial charge in [-0.15, -0.1) is 0 Å². The van der Waals surface area contributed by atoms with E-state index in [1.807, 2.05) is 27.7 Å². The third-order valence-corrected chi connectivity index (χ3v) is 2.90. The average Bonchev–Trinajstić information content (AvgIpc) is 2.01. The van der Waals surface area contributed by atoms with Crippen molar-refractivity contribution >= 4 is 5.97 Å². The molecule has 0 saturated heterocycles. The Kier molecular flexibility index (Phi) is 4.40. The first-order valence-electron chi connectivity index (χ1n) is 4.78. The van der Waals surface area contributed by atoms with Crippen molar-refractivity contribution in [3.63, 3.8) is 0 Å². The first-order valence-corrected chi connectivity index (χ1v) is 4.78. The summed E-state index contributed by atoms with van der Waals surface area (Å²) in [5, 5.41) is 18.8. The van der Waals surface area contributed by atoms with Crippen molar-refractivity contribution in [3.05, 3.63) is 0 Å². The van der Waals surface area contributed by atoms with Crippen LogP contribution in [0.1, 0.15) is 40.5 Å². The summed E-state index contributed by atoms with van der Waals surface area (Å²) in [6.45, 7) is 7.56. The van der Waals surface area contributed by atoms with Crippen LogP contribution in [0.3, 0.4) is 0 Å². The smallest absolute Gasteiger partial charge is 0.306 e. The fourth-order valence-corrected chi connectivity index (χ4v) is 1.54. The zero-order valence-electron chi connectivity index (χ0n) is 8.87. The van der Waals surface area contributed by atoms with Crippen molar-refractivity contribution in [1.29, 1.82) is 0 Å². The molecule has 0 rings (SSSR count). The number of carboxylic acid groups (broad SMARTS) is 1. The minimum absolute atomic E-state index is 0.0172. The van der Waals surface area contributed by atoms with E-state index in [2.05, 4.69) is 0 Å². The number of rotatable bonds is 5. The van der Waals surface area contributed by atoms with Gasteiger partial charge >= 0.3 is 5.97 Å². The molecule has 0 aliphatic rings. The number of aliphatic hydroxyl groups is 1. The fourth-order valence-electron chi connectivity index (χ4n) is 1.54. The Labute approximate surface area is 79.8 Å². The summed E-state index contributed by atoms with van der Waals surface area (Å²) < 4.78 is 0. The molecule has 13 heavy (non-hydrogen) atoms. The lowest BCUT2D eigenvalue weighted by Crippen LogP contribution is -2.43. The minimum atomic E-state index is -1.07. The normalized spacial score (nSPS) is 18.3. The second kappa shape index (κ2) is 4.61. The van der Waals surface area contributed by atoms with Gasteiger partial charge in [0, 0.05) is 0 Å². The maximum absolute atomic E-state index is 10.6. The summed E-state index contributed by atoms with van der Waals surface area (Å²) in [5.41, 5.74) is -1.07. The standard InChI is InChI=1S/C10H20O3/c1-5-8(4)10(13,7(2)3)6-9(11)12/h7-8,13H,5-6H2,1-4H3,(H,11,12). The maximum Gasteiger partial charge on any atom is 0.306 e. The van der Waals surface area contributed by atoms with Crippen molar-refractivity contribution in [2.75, 3.05) is 0 Å². The van der Waals surface area contributed by atoms with Gasteiger partial charge in [0.1, 0.15) is 0 Å². The second-order valence-corrected chi connectivity index (χ2v) is 4.03. The maximum atomic E-state index is 10.6. The number of aliphatic carboxylic acids is 1. The van der Waals surface area contributed by atoms with Crippen molar-refractivity contribution in [3.8, 4) is 0 Å². The molecule has 0 heterocycles. The summed E-state index contributed by atoms with van der Waals surface area (Å²) in [4.78, 5) is 10.6. The van der Waals surface area contributed by atoms with Crippen LogP contribution in [0.15, 0.2) is 0 Å². The Morgan fingerprint density at radius 3 is 2.08 bits per heavy atom. The van der Waals surface area contributed by atoms with Crippen molar-refractivity contribution in [2.24, 2.45) is 11.8 Å². The van der Waals surface area contributed by atoms with E-state index in [1.54, 1.807) is 0 Å². The molecule has 0 aliphatic carbocycles. The quantitative estimate of drug-likeness (QED) is 0.692. The van der Waals surface area contributed by atoms with E-state index in [4.69, 9.17) is 5.11 Å². The van der Waals surface area contributed by atoms with Crippen LogP contribution >= 0.6 is 0 Å². The van der Waals surface area contributed by atoms with Gasteiger partial charge in [-0.2, -0.15) is 0 Å². The Morgan fingerprint density at radius 1 is 1.38 bits per heavy atom. The molecule has 0 amide bonds. The van der Waals surface area contributed by atoms with E-state index >= 15 is 0 Å². The molecule has 0 bridgehead atoms. The molecule has 2 unspecified atom stereocenters. The molecule has 0 aromatic carbocycles. The Bertz CT molecular complexity index is 177. The van der Waals surface area contributed by atoms with Crippen molar-refractivity contribution in [1.82, 2.24) is 0 Å². The van der Waals surface area contributed by atoms with Crippen molar-refractivity contribution in [2.45, 2.75) is 46.1 Å². The third kappa shape index (κ3) is 2.99. The van der Waals surface area contributed by atoms with Gasteiger partial charge in [0.2, 0.25) is 0 Å². The minimum Gasteiger partial charge on any atom is -0.481 e. The lowest BCUT2D eigenvalue weighted by molar-refractivity contribution is -0.148. The van der Waals surface area contributed by atoms with E-state index < -0.39 is 11.6 Å².